The molecule has 1 saturated heterocycles. The first-order valence-corrected chi connectivity index (χ1v) is 9.57. The molecule has 5 rings (SSSR count). The van der Waals surface area contributed by atoms with Crippen molar-refractivity contribution < 1.29 is 9.47 Å². The number of hydrogen-bond donors (Lipinski definition) is 0. The summed E-state index contributed by atoms with van der Waals surface area (Å²) in [5.74, 6) is 2.20. The molecular weight excluding hydrogens is 342 g/mol. The van der Waals surface area contributed by atoms with Crippen molar-refractivity contribution in [3.8, 4) is 11.5 Å². The summed E-state index contributed by atoms with van der Waals surface area (Å²) in [4.78, 5) is 2.39. The maximum absolute atomic E-state index is 6.21. The van der Waals surface area contributed by atoms with Gasteiger partial charge in [-0.3, -0.25) is 0 Å². The lowest BCUT2D eigenvalue weighted by Crippen LogP contribution is -2.38. The quantitative estimate of drug-likeness (QED) is 0.692. The fourth-order valence-electron chi connectivity index (χ4n) is 3.75. The molecule has 1 aliphatic heterocycles. The fourth-order valence-corrected chi connectivity index (χ4v) is 3.75. The second-order valence-corrected chi connectivity index (χ2v) is 7.28. The Morgan fingerprint density at radius 3 is 2.56 bits per heavy atom. The smallest absolute Gasteiger partial charge is 0.200 e. The Kier molecular flexibility index (Phi) is 4.07. The highest BCUT2D eigenvalue weighted by Gasteiger charge is 2.29. The molecule has 1 aromatic carbocycles. The molecule has 1 aliphatic carbocycles. The fraction of sp³-hybridized carbons (Fsp3) is 0.450. The zero-order valence-electron chi connectivity index (χ0n) is 15.4. The number of para-hydroxylation sites is 2. The van der Waals surface area contributed by atoms with Crippen molar-refractivity contribution >= 4 is 11.3 Å². The summed E-state index contributed by atoms with van der Waals surface area (Å²) in [7, 11) is 1.68. The minimum absolute atomic E-state index is 0.191. The predicted octanol–water partition coefficient (Wildman–Crippen LogP) is 3.06. The van der Waals surface area contributed by atoms with Gasteiger partial charge in [-0.2, -0.15) is 9.61 Å². The number of rotatable bonds is 5. The van der Waals surface area contributed by atoms with Gasteiger partial charge < -0.3 is 14.4 Å². The van der Waals surface area contributed by atoms with Crippen LogP contribution in [0.4, 0.5) is 5.69 Å². The van der Waals surface area contributed by atoms with Crippen LogP contribution in [0.1, 0.15) is 37.3 Å². The molecule has 0 amide bonds. The normalized spacial score (nSPS) is 18.0. The summed E-state index contributed by atoms with van der Waals surface area (Å²) < 4.78 is 13.4. The average molecular weight is 365 g/mol. The third kappa shape index (κ3) is 3.18. The Morgan fingerprint density at radius 2 is 1.81 bits per heavy atom. The summed E-state index contributed by atoms with van der Waals surface area (Å²) in [6.07, 6.45) is 6.27. The van der Waals surface area contributed by atoms with Crippen LogP contribution in [0.5, 0.6) is 11.5 Å². The topological polar surface area (TPSA) is 64.8 Å². The molecular formula is C20H23N5O2. The van der Waals surface area contributed by atoms with Gasteiger partial charge in [0, 0.05) is 31.8 Å². The van der Waals surface area contributed by atoms with Crippen molar-refractivity contribution in [3.63, 3.8) is 0 Å². The first kappa shape index (κ1) is 16.4. The largest absolute Gasteiger partial charge is 0.493 e. The number of aromatic nitrogens is 4. The molecule has 140 valence electrons. The van der Waals surface area contributed by atoms with E-state index in [4.69, 9.17) is 9.47 Å². The molecule has 2 aromatic heterocycles. The number of nitrogens with zero attached hydrogens (tertiary/aromatic N) is 5. The van der Waals surface area contributed by atoms with E-state index in [1.807, 2.05) is 28.8 Å². The van der Waals surface area contributed by atoms with E-state index < -0.39 is 0 Å². The number of fused-ring (bicyclic) bond motifs is 1. The second-order valence-electron chi connectivity index (χ2n) is 7.28. The molecule has 2 aliphatic rings. The molecule has 0 atom stereocenters. The van der Waals surface area contributed by atoms with E-state index in [-0.39, 0.29) is 6.10 Å². The van der Waals surface area contributed by atoms with Gasteiger partial charge in [0.15, 0.2) is 11.5 Å². The van der Waals surface area contributed by atoms with Crippen molar-refractivity contribution in [2.24, 2.45) is 0 Å². The summed E-state index contributed by atoms with van der Waals surface area (Å²) in [5.41, 5.74) is 3.13. The number of benzene rings is 1. The highest BCUT2D eigenvalue weighted by molar-refractivity contribution is 5.68. The van der Waals surface area contributed by atoms with E-state index in [0.29, 0.717) is 5.92 Å². The average Bonchev–Trinajstić information content (AvgIpc) is 3.46. The van der Waals surface area contributed by atoms with Crippen LogP contribution in [0.2, 0.25) is 0 Å². The van der Waals surface area contributed by atoms with Crippen LogP contribution in [0.3, 0.4) is 0 Å². The van der Waals surface area contributed by atoms with Crippen molar-refractivity contribution in [3.05, 3.63) is 42.4 Å². The molecule has 0 bridgehead atoms. The van der Waals surface area contributed by atoms with E-state index in [0.717, 1.165) is 54.5 Å². The van der Waals surface area contributed by atoms with Crippen LogP contribution in [0.25, 0.3) is 5.65 Å². The third-order valence-corrected chi connectivity index (χ3v) is 5.41. The van der Waals surface area contributed by atoms with Crippen molar-refractivity contribution in [2.75, 3.05) is 25.1 Å². The lowest BCUT2D eigenvalue weighted by Gasteiger charge is -2.34. The van der Waals surface area contributed by atoms with Gasteiger partial charge in [0.1, 0.15) is 12.4 Å². The molecule has 7 heteroatoms. The van der Waals surface area contributed by atoms with E-state index >= 15 is 0 Å². The maximum Gasteiger partial charge on any atom is 0.200 e. The molecule has 0 radical (unpaired) electrons. The zero-order valence-corrected chi connectivity index (χ0v) is 15.4. The molecule has 7 nitrogen and oxygen atoms in total. The third-order valence-electron chi connectivity index (χ3n) is 5.41. The number of piperidine rings is 1. The van der Waals surface area contributed by atoms with Gasteiger partial charge >= 0.3 is 0 Å². The summed E-state index contributed by atoms with van der Waals surface area (Å²) in [5, 5.41) is 13.0. The molecule has 3 aromatic rings. The number of ether oxygens (including phenoxy) is 2. The van der Waals surface area contributed by atoms with Gasteiger partial charge in [-0.15, -0.1) is 10.2 Å². The molecule has 0 N–H and O–H groups in total. The first-order chi connectivity index (χ1) is 13.3. The Hall–Kier alpha value is -2.83. The Morgan fingerprint density at radius 1 is 1.04 bits per heavy atom. The molecule has 0 spiro atoms. The van der Waals surface area contributed by atoms with E-state index in [1.165, 1.54) is 12.8 Å². The van der Waals surface area contributed by atoms with Crippen molar-refractivity contribution in [2.45, 2.75) is 37.7 Å². The second kappa shape index (κ2) is 6.72. The predicted molar refractivity (Wildman–Crippen MR) is 102 cm³/mol. The number of anilines is 1. The highest BCUT2D eigenvalue weighted by Crippen LogP contribution is 2.40. The van der Waals surface area contributed by atoms with Crippen LogP contribution in [-0.2, 0) is 0 Å². The summed E-state index contributed by atoms with van der Waals surface area (Å²) >= 11 is 0. The van der Waals surface area contributed by atoms with Gasteiger partial charge in [-0.25, -0.2) is 0 Å². The number of methoxy groups -OCH3 is 1. The Labute approximate surface area is 157 Å². The number of hydrogen-bond acceptors (Lipinski definition) is 6. The molecule has 0 unspecified atom stereocenters. The molecule has 1 saturated carbocycles. The van der Waals surface area contributed by atoms with Gasteiger partial charge in [0.25, 0.3) is 0 Å². The first-order valence-electron chi connectivity index (χ1n) is 9.57. The minimum atomic E-state index is 0.191. The van der Waals surface area contributed by atoms with E-state index in [1.54, 1.807) is 13.4 Å². The van der Waals surface area contributed by atoms with Gasteiger partial charge in [-0.1, -0.05) is 12.1 Å². The molecule has 2 fully saturated rings. The SMILES string of the molecule is COc1ccccc1OC1CCN(c2cc(C3CC3)nn3cnnc23)CC1. The van der Waals surface area contributed by atoms with Gasteiger partial charge in [0.05, 0.1) is 18.5 Å². The van der Waals surface area contributed by atoms with Crippen LogP contribution in [0, 0.1) is 0 Å². The van der Waals surface area contributed by atoms with Crippen molar-refractivity contribution in [1.29, 1.82) is 0 Å². The van der Waals surface area contributed by atoms with Gasteiger partial charge in [-0.05, 0) is 31.0 Å². The summed E-state index contributed by atoms with van der Waals surface area (Å²) in [6.45, 7) is 1.85. The van der Waals surface area contributed by atoms with Crippen molar-refractivity contribution in [1.82, 2.24) is 19.8 Å². The molecule has 3 heterocycles. The van der Waals surface area contributed by atoms with Gasteiger partial charge in [0.2, 0.25) is 5.65 Å². The summed E-state index contributed by atoms with van der Waals surface area (Å²) in [6, 6.07) is 10.0. The van der Waals surface area contributed by atoms with Crippen LogP contribution in [-0.4, -0.2) is 46.1 Å². The maximum atomic E-state index is 6.21. The lowest BCUT2D eigenvalue weighted by atomic mass is 10.1. The van der Waals surface area contributed by atoms with E-state index in [9.17, 15) is 0 Å². The Balaban J connectivity index is 1.32. The van der Waals surface area contributed by atoms with Crippen LogP contribution < -0.4 is 14.4 Å². The lowest BCUT2D eigenvalue weighted by molar-refractivity contribution is 0.164. The Bertz CT molecular complexity index is 944. The minimum Gasteiger partial charge on any atom is -0.493 e. The van der Waals surface area contributed by atoms with Crippen LogP contribution in [0.15, 0.2) is 36.7 Å². The van der Waals surface area contributed by atoms with Crippen LogP contribution >= 0.6 is 0 Å². The standard InChI is InChI=1S/C20H23N5O2/c1-26-18-4-2-3-5-19(18)27-15-8-10-24(11-9-15)17-12-16(14-6-7-14)23-25-13-21-22-20(17)25/h2-5,12-15H,6-11H2,1H3. The zero-order chi connectivity index (χ0) is 18.2. The molecule has 27 heavy (non-hydrogen) atoms. The highest BCUT2D eigenvalue weighted by atomic mass is 16.5. The van der Waals surface area contributed by atoms with E-state index in [2.05, 4.69) is 26.3 Å². The monoisotopic (exact) mass is 365 g/mol.